The Morgan fingerprint density at radius 3 is 2.10 bits per heavy atom. The maximum Gasteiger partial charge on any atom is 0.225 e. The number of nitrogens with zero attached hydrogens (tertiary/aromatic N) is 1. The molecule has 1 amide bonds. The second kappa shape index (κ2) is 9.57. The van der Waals surface area contributed by atoms with Crippen molar-refractivity contribution in [3.05, 3.63) is 35.9 Å². The molecule has 0 aliphatic rings. The number of carbonyl (C=O) groups excluding carboxylic acids is 1. The topological polar surface area (TPSA) is 20.3 Å². The summed E-state index contributed by atoms with van der Waals surface area (Å²) in [6.07, 6.45) is 5.33. The lowest BCUT2D eigenvalue weighted by atomic mass is 9.99. The van der Waals surface area contributed by atoms with Gasteiger partial charge in [0.25, 0.3) is 0 Å². The molecule has 0 heterocycles. The summed E-state index contributed by atoms with van der Waals surface area (Å²) >= 11 is 0. The molecule has 1 unspecified atom stereocenters. The van der Waals surface area contributed by atoms with Crippen LogP contribution in [0.2, 0.25) is 0 Å². The van der Waals surface area contributed by atoms with Gasteiger partial charge in [0.2, 0.25) is 5.91 Å². The average molecular weight is 275 g/mol. The summed E-state index contributed by atoms with van der Waals surface area (Å²) in [5.41, 5.74) is 1.25. The van der Waals surface area contributed by atoms with Crippen molar-refractivity contribution in [1.29, 1.82) is 0 Å². The van der Waals surface area contributed by atoms with Crippen LogP contribution in [0, 0.1) is 5.92 Å². The molecule has 1 atom stereocenters. The Labute approximate surface area is 124 Å². The van der Waals surface area contributed by atoms with Crippen molar-refractivity contribution < 1.29 is 4.79 Å². The Bertz CT molecular complexity index is 366. The Hall–Kier alpha value is -1.31. The van der Waals surface area contributed by atoms with Gasteiger partial charge in [0.15, 0.2) is 0 Å². The van der Waals surface area contributed by atoms with Crippen LogP contribution in [0.5, 0.6) is 0 Å². The molecule has 0 aliphatic carbocycles. The first-order valence-electron chi connectivity index (χ1n) is 8.01. The number of benzene rings is 1. The van der Waals surface area contributed by atoms with Gasteiger partial charge >= 0.3 is 0 Å². The molecule has 0 radical (unpaired) electrons. The predicted octanol–water partition coefficient (Wildman–Crippen LogP) is 4.29. The monoisotopic (exact) mass is 275 g/mol. The first kappa shape index (κ1) is 16.7. The number of carbonyl (C=O) groups is 1. The SMILES string of the molecule is CCCCN(CCCC)C(=O)C(C)Cc1ccccc1. The van der Waals surface area contributed by atoms with Crippen LogP contribution in [0.15, 0.2) is 30.3 Å². The van der Waals surface area contributed by atoms with E-state index in [-0.39, 0.29) is 5.92 Å². The third kappa shape index (κ3) is 5.77. The predicted molar refractivity (Wildman–Crippen MR) is 85.7 cm³/mol. The summed E-state index contributed by atoms with van der Waals surface area (Å²) < 4.78 is 0. The fraction of sp³-hybridized carbons (Fsp3) is 0.611. The lowest BCUT2D eigenvalue weighted by molar-refractivity contribution is -0.135. The van der Waals surface area contributed by atoms with Crippen molar-refractivity contribution in [3.63, 3.8) is 0 Å². The van der Waals surface area contributed by atoms with Crippen molar-refractivity contribution in [2.45, 2.75) is 52.9 Å². The highest BCUT2D eigenvalue weighted by atomic mass is 16.2. The van der Waals surface area contributed by atoms with Crippen LogP contribution in [-0.4, -0.2) is 23.9 Å². The zero-order chi connectivity index (χ0) is 14.8. The zero-order valence-corrected chi connectivity index (χ0v) is 13.3. The average Bonchev–Trinajstić information content (AvgIpc) is 2.48. The Kier molecular flexibility index (Phi) is 8.01. The second-order valence-corrected chi connectivity index (χ2v) is 5.62. The number of unbranched alkanes of at least 4 members (excludes halogenated alkanes) is 2. The van der Waals surface area contributed by atoms with Crippen LogP contribution >= 0.6 is 0 Å². The van der Waals surface area contributed by atoms with E-state index in [4.69, 9.17) is 0 Å². The first-order valence-corrected chi connectivity index (χ1v) is 8.01. The molecular formula is C18H29NO. The quantitative estimate of drug-likeness (QED) is 0.658. The molecule has 20 heavy (non-hydrogen) atoms. The molecule has 0 aromatic heterocycles. The van der Waals surface area contributed by atoms with Crippen LogP contribution < -0.4 is 0 Å². The molecule has 2 heteroatoms. The van der Waals surface area contributed by atoms with Gasteiger partial charge in [-0.05, 0) is 24.8 Å². The normalized spacial score (nSPS) is 12.2. The Balaban J connectivity index is 2.57. The van der Waals surface area contributed by atoms with Crippen LogP contribution in [0.1, 0.15) is 52.0 Å². The van der Waals surface area contributed by atoms with Crippen LogP contribution in [-0.2, 0) is 11.2 Å². The van der Waals surface area contributed by atoms with Crippen molar-refractivity contribution in [1.82, 2.24) is 4.90 Å². The number of hydrogen-bond donors (Lipinski definition) is 0. The van der Waals surface area contributed by atoms with E-state index >= 15 is 0 Å². The summed E-state index contributed by atoms with van der Waals surface area (Å²) in [5, 5.41) is 0. The summed E-state index contributed by atoms with van der Waals surface area (Å²) in [6.45, 7) is 8.23. The maximum absolute atomic E-state index is 12.6. The van der Waals surface area contributed by atoms with E-state index in [0.717, 1.165) is 45.2 Å². The second-order valence-electron chi connectivity index (χ2n) is 5.62. The number of rotatable bonds is 9. The molecule has 1 aromatic rings. The maximum atomic E-state index is 12.6. The largest absolute Gasteiger partial charge is 0.342 e. The third-order valence-electron chi connectivity index (χ3n) is 3.68. The molecule has 0 saturated heterocycles. The minimum Gasteiger partial charge on any atom is -0.342 e. The highest BCUT2D eigenvalue weighted by molar-refractivity contribution is 5.78. The van der Waals surface area contributed by atoms with E-state index in [9.17, 15) is 4.79 Å². The van der Waals surface area contributed by atoms with Gasteiger partial charge in [0.05, 0.1) is 0 Å². The fourth-order valence-corrected chi connectivity index (χ4v) is 2.40. The number of hydrogen-bond acceptors (Lipinski definition) is 1. The molecule has 0 spiro atoms. The molecule has 112 valence electrons. The Morgan fingerprint density at radius 2 is 1.60 bits per heavy atom. The van der Waals surface area contributed by atoms with Crippen LogP contribution in [0.25, 0.3) is 0 Å². The summed E-state index contributed by atoms with van der Waals surface area (Å²) in [7, 11) is 0. The molecule has 2 nitrogen and oxygen atoms in total. The molecule has 0 bridgehead atoms. The van der Waals surface area contributed by atoms with Gasteiger partial charge < -0.3 is 4.90 Å². The van der Waals surface area contributed by atoms with Crippen LogP contribution in [0.3, 0.4) is 0 Å². The molecule has 0 N–H and O–H groups in total. The van der Waals surface area contributed by atoms with E-state index in [0.29, 0.717) is 5.91 Å². The van der Waals surface area contributed by atoms with E-state index in [1.165, 1.54) is 5.56 Å². The van der Waals surface area contributed by atoms with Crippen LogP contribution in [0.4, 0.5) is 0 Å². The summed E-state index contributed by atoms with van der Waals surface area (Å²) in [5.74, 6) is 0.391. The fourth-order valence-electron chi connectivity index (χ4n) is 2.40. The lowest BCUT2D eigenvalue weighted by Crippen LogP contribution is -2.37. The van der Waals surface area contributed by atoms with Gasteiger partial charge in [-0.15, -0.1) is 0 Å². The van der Waals surface area contributed by atoms with E-state index in [2.05, 4.69) is 37.8 Å². The van der Waals surface area contributed by atoms with Crippen molar-refractivity contribution in [2.75, 3.05) is 13.1 Å². The molecular weight excluding hydrogens is 246 g/mol. The molecule has 0 fully saturated rings. The molecule has 0 saturated carbocycles. The summed E-state index contributed by atoms with van der Waals surface area (Å²) in [4.78, 5) is 14.7. The van der Waals surface area contributed by atoms with Gasteiger partial charge in [-0.25, -0.2) is 0 Å². The molecule has 0 aliphatic heterocycles. The number of amides is 1. The zero-order valence-electron chi connectivity index (χ0n) is 13.3. The minimum atomic E-state index is 0.0751. The smallest absolute Gasteiger partial charge is 0.225 e. The van der Waals surface area contributed by atoms with Crippen molar-refractivity contribution in [2.24, 2.45) is 5.92 Å². The van der Waals surface area contributed by atoms with Gasteiger partial charge in [-0.1, -0.05) is 63.9 Å². The van der Waals surface area contributed by atoms with Crippen molar-refractivity contribution >= 4 is 5.91 Å². The first-order chi connectivity index (χ1) is 9.69. The highest BCUT2D eigenvalue weighted by Crippen LogP contribution is 2.13. The van der Waals surface area contributed by atoms with E-state index < -0.39 is 0 Å². The third-order valence-corrected chi connectivity index (χ3v) is 3.68. The summed E-state index contributed by atoms with van der Waals surface area (Å²) in [6, 6.07) is 10.3. The Morgan fingerprint density at radius 1 is 1.05 bits per heavy atom. The standard InChI is InChI=1S/C18H29NO/c1-4-6-13-19(14-7-5-2)18(20)16(3)15-17-11-9-8-10-12-17/h8-12,16H,4-7,13-15H2,1-3H3. The van der Waals surface area contributed by atoms with E-state index in [1.54, 1.807) is 0 Å². The minimum absolute atomic E-state index is 0.0751. The van der Waals surface area contributed by atoms with E-state index in [1.807, 2.05) is 18.2 Å². The lowest BCUT2D eigenvalue weighted by Gasteiger charge is -2.26. The van der Waals surface area contributed by atoms with Gasteiger partial charge in [-0.3, -0.25) is 4.79 Å². The van der Waals surface area contributed by atoms with Gasteiger partial charge in [0, 0.05) is 19.0 Å². The van der Waals surface area contributed by atoms with Crippen molar-refractivity contribution in [3.8, 4) is 0 Å². The van der Waals surface area contributed by atoms with Gasteiger partial charge in [-0.2, -0.15) is 0 Å². The molecule has 1 rings (SSSR count). The van der Waals surface area contributed by atoms with Gasteiger partial charge in [0.1, 0.15) is 0 Å². The highest BCUT2D eigenvalue weighted by Gasteiger charge is 2.19. The molecule has 1 aromatic carbocycles.